The first-order valence-electron chi connectivity index (χ1n) is 9.13. The smallest absolute Gasteiger partial charge is 0.227 e. The van der Waals surface area contributed by atoms with Gasteiger partial charge in [0.05, 0.1) is 6.54 Å². The van der Waals surface area contributed by atoms with Gasteiger partial charge in [0.25, 0.3) is 0 Å². The minimum Gasteiger partial charge on any atom is -0.372 e. The Labute approximate surface area is 154 Å². The highest BCUT2D eigenvalue weighted by molar-refractivity contribution is 5.83. The van der Waals surface area contributed by atoms with E-state index < -0.39 is 17.1 Å². The van der Waals surface area contributed by atoms with Crippen molar-refractivity contribution < 1.29 is 14.7 Å². The maximum atomic E-state index is 12.4. The van der Waals surface area contributed by atoms with Gasteiger partial charge in [0.15, 0.2) is 0 Å². The standard InChI is InChI=1S/C20H40N2O3/c1-17(2,3)12-19(7,8)15(24)21-11-14(23)22-16(25)20(9,10)13-18(4,5)6/h14,23H,11-13H2,1-10H3,(H,21,24)(H,22,25). The van der Waals surface area contributed by atoms with E-state index in [1.807, 2.05) is 27.7 Å². The van der Waals surface area contributed by atoms with Gasteiger partial charge in [0.1, 0.15) is 6.23 Å². The molecule has 5 nitrogen and oxygen atoms in total. The van der Waals surface area contributed by atoms with Crippen molar-refractivity contribution in [1.29, 1.82) is 0 Å². The minimum absolute atomic E-state index is 0.00371. The van der Waals surface area contributed by atoms with Crippen LogP contribution in [-0.4, -0.2) is 29.7 Å². The number of hydrogen-bond acceptors (Lipinski definition) is 3. The van der Waals surface area contributed by atoms with Crippen LogP contribution in [0.3, 0.4) is 0 Å². The van der Waals surface area contributed by atoms with Gasteiger partial charge in [-0.1, -0.05) is 69.2 Å². The van der Waals surface area contributed by atoms with Crippen LogP contribution in [0, 0.1) is 21.7 Å². The van der Waals surface area contributed by atoms with E-state index >= 15 is 0 Å². The second-order valence-electron chi connectivity index (χ2n) is 10.9. The highest BCUT2D eigenvalue weighted by Crippen LogP contribution is 2.34. The van der Waals surface area contributed by atoms with E-state index in [9.17, 15) is 14.7 Å². The lowest BCUT2D eigenvalue weighted by atomic mass is 9.75. The van der Waals surface area contributed by atoms with E-state index in [2.05, 4.69) is 52.2 Å². The molecule has 0 aromatic rings. The van der Waals surface area contributed by atoms with E-state index in [4.69, 9.17) is 0 Å². The van der Waals surface area contributed by atoms with Gasteiger partial charge in [0.2, 0.25) is 11.8 Å². The summed E-state index contributed by atoms with van der Waals surface area (Å²) >= 11 is 0. The molecule has 1 unspecified atom stereocenters. The van der Waals surface area contributed by atoms with Crippen LogP contribution in [0.2, 0.25) is 0 Å². The molecule has 3 N–H and O–H groups in total. The van der Waals surface area contributed by atoms with Crippen LogP contribution in [0.5, 0.6) is 0 Å². The molecule has 0 saturated carbocycles. The average Bonchev–Trinajstić information content (AvgIpc) is 2.29. The summed E-state index contributed by atoms with van der Waals surface area (Å²) in [6, 6.07) is 0. The molecule has 0 spiro atoms. The van der Waals surface area contributed by atoms with Crippen molar-refractivity contribution in [3.8, 4) is 0 Å². The predicted octanol–water partition coefficient (Wildman–Crippen LogP) is 3.46. The molecule has 2 amide bonds. The summed E-state index contributed by atoms with van der Waals surface area (Å²) in [7, 11) is 0. The third-order valence-electron chi connectivity index (χ3n) is 3.93. The third-order valence-corrected chi connectivity index (χ3v) is 3.93. The number of carbonyl (C=O) groups excluding carboxylic acids is 2. The Morgan fingerprint density at radius 1 is 0.760 bits per heavy atom. The van der Waals surface area contributed by atoms with E-state index in [1.54, 1.807) is 0 Å². The Kier molecular flexibility index (Phi) is 7.71. The van der Waals surface area contributed by atoms with Crippen molar-refractivity contribution >= 4 is 11.8 Å². The van der Waals surface area contributed by atoms with Crippen molar-refractivity contribution in [3.63, 3.8) is 0 Å². The SMILES string of the molecule is CC(C)(C)CC(C)(C)C(=O)NCC(O)NC(=O)C(C)(C)CC(C)(C)C. The molecule has 5 heteroatoms. The molecule has 0 radical (unpaired) electrons. The number of aliphatic hydroxyl groups excluding tert-OH is 1. The minimum atomic E-state index is -1.10. The molecular formula is C20H40N2O3. The fraction of sp³-hybridized carbons (Fsp3) is 0.900. The summed E-state index contributed by atoms with van der Waals surface area (Å²) in [5.74, 6) is -0.331. The molecule has 148 valence electrons. The molecule has 0 saturated heterocycles. The van der Waals surface area contributed by atoms with Crippen molar-refractivity contribution in [2.45, 2.75) is 88.3 Å². The molecule has 0 aliphatic rings. The molecule has 0 aliphatic heterocycles. The van der Waals surface area contributed by atoms with E-state index in [0.717, 1.165) is 6.42 Å². The van der Waals surface area contributed by atoms with E-state index in [0.29, 0.717) is 6.42 Å². The van der Waals surface area contributed by atoms with Crippen LogP contribution in [0.4, 0.5) is 0 Å². The zero-order valence-corrected chi connectivity index (χ0v) is 18.0. The Hall–Kier alpha value is -1.10. The first-order chi connectivity index (χ1) is 10.9. The van der Waals surface area contributed by atoms with Crippen LogP contribution >= 0.6 is 0 Å². The molecule has 0 rings (SSSR count). The van der Waals surface area contributed by atoms with Gasteiger partial charge in [0, 0.05) is 10.8 Å². The first kappa shape index (κ1) is 23.9. The van der Waals surface area contributed by atoms with Gasteiger partial charge in [-0.05, 0) is 23.7 Å². The molecule has 1 atom stereocenters. The molecule has 0 aromatic heterocycles. The summed E-state index contributed by atoms with van der Waals surface area (Å²) in [6.45, 7) is 20.0. The van der Waals surface area contributed by atoms with Gasteiger partial charge >= 0.3 is 0 Å². The fourth-order valence-corrected chi connectivity index (χ4v) is 3.64. The first-order valence-corrected chi connectivity index (χ1v) is 9.13. The van der Waals surface area contributed by atoms with Crippen LogP contribution in [-0.2, 0) is 9.59 Å². The van der Waals surface area contributed by atoms with Crippen molar-refractivity contribution in [1.82, 2.24) is 10.6 Å². The van der Waals surface area contributed by atoms with Gasteiger partial charge in [-0.25, -0.2) is 0 Å². The molecular weight excluding hydrogens is 316 g/mol. The van der Waals surface area contributed by atoms with E-state index in [-0.39, 0.29) is 29.2 Å². The number of aliphatic hydroxyl groups is 1. The quantitative estimate of drug-likeness (QED) is 0.611. The van der Waals surface area contributed by atoms with Gasteiger partial charge < -0.3 is 15.7 Å². The lowest BCUT2D eigenvalue weighted by Crippen LogP contribution is -2.50. The second-order valence-corrected chi connectivity index (χ2v) is 10.9. The monoisotopic (exact) mass is 356 g/mol. The largest absolute Gasteiger partial charge is 0.372 e. The molecule has 0 fully saturated rings. The third kappa shape index (κ3) is 9.83. The molecule has 0 aromatic carbocycles. The summed E-state index contributed by atoms with van der Waals surface area (Å²) in [4.78, 5) is 24.8. The van der Waals surface area contributed by atoms with Crippen molar-refractivity contribution in [2.75, 3.05) is 6.54 Å². The fourth-order valence-electron chi connectivity index (χ4n) is 3.64. The Balaban J connectivity index is 4.59. The topological polar surface area (TPSA) is 78.4 Å². The Morgan fingerprint density at radius 2 is 1.12 bits per heavy atom. The molecule has 0 heterocycles. The number of carbonyl (C=O) groups is 2. The maximum Gasteiger partial charge on any atom is 0.227 e. The summed E-state index contributed by atoms with van der Waals surface area (Å²) in [6.07, 6.45) is 0.331. The molecule has 0 aliphatic carbocycles. The summed E-state index contributed by atoms with van der Waals surface area (Å²) in [5, 5.41) is 15.4. The lowest BCUT2D eigenvalue weighted by molar-refractivity contribution is -0.136. The van der Waals surface area contributed by atoms with Crippen LogP contribution in [0.25, 0.3) is 0 Å². The Bertz CT molecular complexity index is 468. The van der Waals surface area contributed by atoms with Crippen LogP contribution in [0.1, 0.15) is 82.1 Å². The number of amides is 2. The zero-order valence-electron chi connectivity index (χ0n) is 18.0. The van der Waals surface area contributed by atoms with Gasteiger partial charge in [-0.3, -0.25) is 9.59 Å². The predicted molar refractivity (Wildman–Crippen MR) is 103 cm³/mol. The van der Waals surface area contributed by atoms with Crippen LogP contribution in [0.15, 0.2) is 0 Å². The summed E-state index contributed by atoms with van der Waals surface area (Å²) in [5.41, 5.74) is -1.08. The highest BCUT2D eigenvalue weighted by Gasteiger charge is 2.35. The second kappa shape index (κ2) is 8.07. The normalized spacial score (nSPS) is 14.8. The Morgan fingerprint density at radius 3 is 1.48 bits per heavy atom. The number of rotatable bonds is 7. The van der Waals surface area contributed by atoms with E-state index in [1.165, 1.54) is 0 Å². The average molecular weight is 357 g/mol. The summed E-state index contributed by atoms with van der Waals surface area (Å²) < 4.78 is 0. The van der Waals surface area contributed by atoms with Gasteiger partial charge in [-0.2, -0.15) is 0 Å². The van der Waals surface area contributed by atoms with Crippen LogP contribution < -0.4 is 10.6 Å². The maximum absolute atomic E-state index is 12.4. The van der Waals surface area contributed by atoms with Crippen molar-refractivity contribution in [3.05, 3.63) is 0 Å². The molecule has 0 bridgehead atoms. The number of hydrogen-bond donors (Lipinski definition) is 3. The lowest BCUT2D eigenvalue weighted by Gasteiger charge is -2.33. The molecule has 25 heavy (non-hydrogen) atoms. The van der Waals surface area contributed by atoms with Gasteiger partial charge in [-0.15, -0.1) is 0 Å². The zero-order chi connectivity index (χ0) is 20.3. The van der Waals surface area contributed by atoms with Crippen molar-refractivity contribution in [2.24, 2.45) is 21.7 Å². The number of nitrogens with one attached hydrogen (secondary N) is 2. The highest BCUT2D eigenvalue weighted by atomic mass is 16.3.